The van der Waals surface area contributed by atoms with E-state index < -0.39 is 22.0 Å². The van der Waals surface area contributed by atoms with Gasteiger partial charge >= 0.3 is 16.2 Å². The summed E-state index contributed by atoms with van der Waals surface area (Å²) in [4.78, 5) is 19.5. The molecule has 1 atom stereocenters. The van der Waals surface area contributed by atoms with Gasteiger partial charge < -0.3 is 9.29 Å². The van der Waals surface area contributed by atoms with Crippen molar-refractivity contribution in [3.8, 4) is 5.75 Å². The summed E-state index contributed by atoms with van der Waals surface area (Å²) < 4.78 is 30.8. The minimum Gasteiger partial charge on any atom is -0.465 e. The maximum absolute atomic E-state index is 12.8. The molecule has 9 heteroatoms. The smallest absolute Gasteiger partial charge is 0.408 e. The summed E-state index contributed by atoms with van der Waals surface area (Å²) in [6, 6.07) is 11.4. The second kappa shape index (κ2) is 8.30. The number of benzene rings is 2. The summed E-state index contributed by atoms with van der Waals surface area (Å²) in [6.45, 7) is 1.51. The number of carboxylic acid groups (broad SMARTS) is 1. The Bertz CT molecular complexity index is 1200. The van der Waals surface area contributed by atoms with Gasteiger partial charge in [-0.15, -0.1) is 0 Å². The predicted octanol–water partition coefficient (Wildman–Crippen LogP) is 3.09. The van der Waals surface area contributed by atoms with Gasteiger partial charge in [-0.25, -0.2) is 14.8 Å². The summed E-state index contributed by atoms with van der Waals surface area (Å²) in [6.07, 6.45) is 5.98. The molecule has 2 aliphatic rings. The molecule has 164 valence electrons. The fraction of sp³-hybridized carbons (Fsp3) is 0.409. The van der Waals surface area contributed by atoms with Crippen LogP contribution >= 0.6 is 0 Å². The molecule has 1 unspecified atom stereocenters. The molecule has 1 amide bonds. The van der Waals surface area contributed by atoms with Crippen LogP contribution < -0.4 is 20.2 Å². The number of carbonyl (C=O) groups is 1. The van der Waals surface area contributed by atoms with E-state index >= 15 is 0 Å². The van der Waals surface area contributed by atoms with Crippen LogP contribution in [-0.2, 0) is 10.1 Å². The molecule has 0 aromatic heterocycles. The van der Waals surface area contributed by atoms with Gasteiger partial charge in [-0.1, -0.05) is 37.8 Å². The molecule has 2 aromatic carbocycles. The van der Waals surface area contributed by atoms with E-state index in [1.54, 1.807) is 18.2 Å². The Balaban J connectivity index is 1.53. The third kappa shape index (κ3) is 4.87. The first-order valence-electron chi connectivity index (χ1n) is 10.4. The maximum Gasteiger partial charge on any atom is 0.408 e. The SMILES string of the molecule is CC1(NC(=O)O)N=c2ccc(OS(=O)(=O)c3ccc(C4CCCCCC4)cc3)cc2=N1. The van der Waals surface area contributed by atoms with Crippen molar-refractivity contribution < 1.29 is 22.5 Å². The molecule has 1 fully saturated rings. The van der Waals surface area contributed by atoms with Crippen molar-refractivity contribution in [2.45, 2.75) is 62.0 Å². The molecule has 1 aliphatic heterocycles. The highest BCUT2D eigenvalue weighted by Gasteiger charge is 2.27. The zero-order valence-corrected chi connectivity index (χ0v) is 18.1. The lowest BCUT2D eigenvalue weighted by atomic mass is 9.92. The molecule has 1 aliphatic carbocycles. The van der Waals surface area contributed by atoms with Crippen LogP contribution in [0.2, 0.25) is 0 Å². The summed E-state index contributed by atoms with van der Waals surface area (Å²) in [5.74, 6) is -0.777. The van der Waals surface area contributed by atoms with E-state index in [0.29, 0.717) is 16.6 Å². The van der Waals surface area contributed by atoms with E-state index in [4.69, 9.17) is 9.29 Å². The Morgan fingerprint density at radius 1 is 1.03 bits per heavy atom. The molecule has 8 nitrogen and oxygen atoms in total. The number of hydrogen-bond donors (Lipinski definition) is 2. The van der Waals surface area contributed by atoms with Gasteiger partial charge in [0.05, 0.1) is 10.7 Å². The molecule has 0 saturated heterocycles. The Morgan fingerprint density at radius 2 is 1.68 bits per heavy atom. The normalized spacial score (nSPS) is 21.3. The second-order valence-corrected chi connectivity index (χ2v) is 9.67. The van der Waals surface area contributed by atoms with Gasteiger partial charge in [0.25, 0.3) is 0 Å². The summed E-state index contributed by atoms with van der Waals surface area (Å²) >= 11 is 0. The number of rotatable bonds is 5. The van der Waals surface area contributed by atoms with E-state index in [9.17, 15) is 13.2 Å². The zero-order chi connectivity index (χ0) is 22.1. The highest BCUT2D eigenvalue weighted by Crippen LogP contribution is 2.32. The van der Waals surface area contributed by atoms with Gasteiger partial charge in [-0.2, -0.15) is 8.42 Å². The van der Waals surface area contributed by atoms with Crippen LogP contribution in [0.5, 0.6) is 5.75 Å². The van der Waals surface area contributed by atoms with Crippen LogP contribution in [0.15, 0.2) is 57.3 Å². The molecular formula is C22H25N3O5S. The van der Waals surface area contributed by atoms with Crippen molar-refractivity contribution in [1.29, 1.82) is 0 Å². The lowest BCUT2D eigenvalue weighted by Gasteiger charge is -2.16. The van der Waals surface area contributed by atoms with Crippen LogP contribution in [0.25, 0.3) is 0 Å². The van der Waals surface area contributed by atoms with Crippen molar-refractivity contribution >= 4 is 16.2 Å². The zero-order valence-electron chi connectivity index (χ0n) is 17.2. The van der Waals surface area contributed by atoms with Crippen LogP contribution in [-0.4, -0.2) is 25.4 Å². The first kappa shape index (κ1) is 21.3. The molecule has 0 spiro atoms. The Hall–Kier alpha value is -2.94. The molecular weight excluding hydrogens is 418 g/mol. The van der Waals surface area contributed by atoms with Crippen molar-refractivity contribution in [2.75, 3.05) is 0 Å². The Labute approximate surface area is 180 Å². The van der Waals surface area contributed by atoms with Crippen molar-refractivity contribution in [3.63, 3.8) is 0 Å². The fourth-order valence-electron chi connectivity index (χ4n) is 4.19. The second-order valence-electron chi connectivity index (χ2n) is 8.12. The van der Waals surface area contributed by atoms with E-state index in [1.807, 2.05) is 12.1 Å². The lowest BCUT2D eigenvalue weighted by Crippen LogP contribution is -2.41. The number of hydrogen-bond acceptors (Lipinski definition) is 6. The minimum atomic E-state index is -4.02. The van der Waals surface area contributed by atoms with Gasteiger partial charge in [-0.05, 0) is 48.6 Å². The summed E-state index contributed by atoms with van der Waals surface area (Å²) in [7, 11) is -4.02. The lowest BCUT2D eigenvalue weighted by molar-refractivity contribution is 0.182. The van der Waals surface area contributed by atoms with Gasteiger partial charge in [0.2, 0.25) is 5.79 Å². The first-order valence-corrected chi connectivity index (χ1v) is 11.8. The maximum atomic E-state index is 12.8. The first-order chi connectivity index (χ1) is 14.7. The highest BCUT2D eigenvalue weighted by atomic mass is 32.2. The van der Waals surface area contributed by atoms with Gasteiger partial charge in [0.15, 0.2) is 0 Å². The summed E-state index contributed by atoms with van der Waals surface area (Å²) in [5, 5.41) is 12.0. The predicted molar refractivity (Wildman–Crippen MR) is 113 cm³/mol. The largest absolute Gasteiger partial charge is 0.465 e. The van der Waals surface area contributed by atoms with Crippen LogP contribution in [0.4, 0.5) is 4.79 Å². The number of nitrogens with one attached hydrogen (secondary N) is 1. The van der Waals surface area contributed by atoms with E-state index in [1.165, 1.54) is 50.3 Å². The van der Waals surface area contributed by atoms with E-state index in [-0.39, 0.29) is 10.6 Å². The summed E-state index contributed by atoms with van der Waals surface area (Å²) in [5.41, 5.74) is 1.17. The van der Waals surface area contributed by atoms with E-state index in [2.05, 4.69) is 15.3 Å². The third-order valence-electron chi connectivity index (χ3n) is 5.67. The molecule has 1 saturated carbocycles. The molecule has 4 rings (SSSR count). The van der Waals surface area contributed by atoms with Gasteiger partial charge in [-0.3, -0.25) is 5.32 Å². The molecule has 2 aromatic rings. The van der Waals surface area contributed by atoms with Crippen LogP contribution in [0.3, 0.4) is 0 Å². The molecule has 31 heavy (non-hydrogen) atoms. The monoisotopic (exact) mass is 443 g/mol. The quantitative estimate of drug-likeness (QED) is 0.544. The highest BCUT2D eigenvalue weighted by molar-refractivity contribution is 7.87. The fourth-order valence-corrected chi connectivity index (χ4v) is 5.11. The Morgan fingerprint density at radius 3 is 2.32 bits per heavy atom. The van der Waals surface area contributed by atoms with Gasteiger partial charge in [0, 0.05) is 13.0 Å². The molecule has 0 bridgehead atoms. The van der Waals surface area contributed by atoms with Crippen LogP contribution in [0, 0.1) is 0 Å². The average molecular weight is 444 g/mol. The average Bonchev–Trinajstić information content (AvgIpc) is 2.87. The topological polar surface area (TPSA) is 117 Å². The Kier molecular flexibility index (Phi) is 5.70. The molecule has 2 N–H and O–H groups in total. The van der Waals surface area contributed by atoms with Crippen molar-refractivity contribution in [2.24, 2.45) is 9.98 Å². The van der Waals surface area contributed by atoms with Crippen molar-refractivity contribution in [1.82, 2.24) is 5.32 Å². The minimum absolute atomic E-state index is 0.0874. The number of amides is 1. The molecule has 1 heterocycles. The number of fused-ring (bicyclic) bond motifs is 1. The van der Waals surface area contributed by atoms with Crippen molar-refractivity contribution in [3.05, 3.63) is 58.7 Å². The number of nitrogens with zero attached hydrogens (tertiary/aromatic N) is 2. The molecule has 0 radical (unpaired) electrons. The van der Waals surface area contributed by atoms with E-state index in [0.717, 1.165) is 12.8 Å². The third-order valence-corrected chi connectivity index (χ3v) is 6.93. The van der Waals surface area contributed by atoms with Crippen LogP contribution in [0.1, 0.15) is 56.9 Å². The van der Waals surface area contributed by atoms with Gasteiger partial charge in [0.1, 0.15) is 10.6 Å². The standard InChI is InChI=1S/C22H25N3O5S/c1-22(25-21(26)27)23-19-13-10-17(14-20(19)24-22)30-31(28,29)18-11-8-16(9-12-18)15-6-4-2-3-5-7-15/h8-15,25H,2-7H2,1H3,(H,26,27).